The molecule has 0 saturated carbocycles. The van der Waals surface area contributed by atoms with Crippen LogP contribution in [0, 0.1) is 5.41 Å². The number of halogens is 1. The molecule has 0 atom stereocenters. The van der Waals surface area contributed by atoms with Crippen molar-refractivity contribution in [3.05, 3.63) is 58.7 Å². The van der Waals surface area contributed by atoms with Gasteiger partial charge in [0.25, 0.3) is 0 Å². The van der Waals surface area contributed by atoms with E-state index in [1.165, 1.54) is 0 Å². The van der Waals surface area contributed by atoms with Crippen molar-refractivity contribution in [3.63, 3.8) is 0 Å². The first-order valence-electron chi connectivity index (χ1n) is 7.79. The van der Waals surface area contributed by atoms with E-state index in [-0.39, 0.29) is 11.2 Å². The van der Waals surface area contributed by atoms with Crippen LogP contribution in [0.2, 0.25) is 0 Å². The molecule has 1 rings (SSSR count). The van der Waals surface area contributed by atoms with Crippen LogP contribution in [0.3, 0.4) is 0 Å². The Kier molecular flexibility index (Phi) is 6.62. The van der Waals surface area contributed by atoms with E-state index in [9.17, 15) is 14.0 Å². The highest BCUT2D eigenvalue weighted by atomic mass is 19.1. The molecular weight excluding hydrogens is 291 g/mol. The normalized spacial score (nSPS) is 20.0. The van der Waals surface area contributed by atoms with Crippen LogP contribution < -0.4 is 0 Å². The van der Waals surface area contributed by atoms with E-state index >= 15 is 0 Å². The number of ketones is 1. The number of hydrogen-bond acceptors (Lipinski definition) is 2. The number of Topliss-reactive ketones (excluding diaryl/α,β-unsaturated/α-hetero) is 1. The smallest absolute Gasteiger partial charge is 0.295 e. The lowest BCUT2D eigenvalue weighted by molar-refractivity contribution is -0.124. The fraction of sp³-hybridized carbons (Fsp3) is 0.400. The lowest BCUT2D eigenvalue weighted by atomic mass is 9.72. The van der Waals surface area contributed by atoms with Gasteiger partial charge in [-0.15, -0.1) is 0 Å². The predicted molar refractivity (Wildman–Crippen MR) is 92.6 cm³/mol. The van der Waals surface area contributed by atoms with E-state index in [2.05, 4.69) is 13.8 Å². The number of hydrogen-bond donors (Lipinski definition) is 0. The Morgan fingerprint density at radius 3 is 2.43 bits per heavy atom. The molecule has 0 aromatic rings. The number of rotatable bonds is 5. The molecule has 124 valence electrons. The van der Waals surface area contributed by atoms with Gasteiger partial charge in [0.1, 0.15) is 0 Å². The molecule has 0 fully saturated rings. The van der Waals surface area contributed by atoms with Gasteiger partial charge in [-0.05, 0) is 49.3 Å². The van der Waals surface area contributed by atoms with Crippen molar-refractivity contribution in [1.29, 1.82) is 0 Å². The molecule has 0 bridgehead atoms. The largest absolute Gasteiger partial charge is 0.325 e. The molecule has 2 nitrogen and oxygen atoms in total. The molecule has 0 amide bonds. The Balaban J connectivity index is 2.89. The van der Waals surface area contributed by atoms with Crippen molar-refractivity contribution >= 4 is 11.8 Å². The quantitative estimate of drug-likeness (QED) is 0.397. The monoisotopic (exact) mass is 316 g/mol. The molecule has 0 aromatic heterocycles. The second kappa shape index (κ2) is 8.00. The molecule has 0 aromatic carbocycles. The predicted octanol–water partition coefficient (Wildman–Crippen LogP) is 5.19. The van der Waals surface area contributed by atoms with E-state index in [1.807, 2.05) is 32.1 Å². The molecule has 0 saturated heterocycles. The summed E-state index contributed by atoms with van der Waals surface area (Å²) in [6.07, 6.45) is 11.7. The zero-order chi connectivity index (χ0) is 17.6. The molecule has 23 heavy (non-hydrogen) atoms. The number of allylic oxidation sites excluding steroid dienone is 10. The van der Waals surface area contributed by atoms with Crippen LogP contribution in [0.15, 0.2) is 58.7 Å². The van der Waals surface area contributed by atoms with Crippen molar-refractivity contribution < 1.29 is 14.0 Å². The molecule has 0 unspecified atom stereocenters. The summed E-state index contributed by atoms with van der Waals surface area (Å²) in [5.41, 5.74) is 3.51. The van der Waals surface area contributed by atoms with Crippen LogP contribution in [0.1, 0.15) is 47.5 Å². The highest BCUT2D eigenvalue weighted by Crippen LogP contribution is 2.39. The number of carbonyl (C=O) groups is 2. The van der Waals surface area contributed by atoms with Crippen molar-refractivity contribution in [2.75, 3.05) is 0 Å². The summed E-state index contributed by atoms with van der Waals surface area (Å²) in [4.78, 5) is 22.2. The molecule has 0 radical (unpaired) electrons. The zero-order valence-corrected chi connectivity index (χ0v) is 14.6. The van der Waals surface area contributed by atoms with Gasteiger partial charge in [0.2, 0.25) is 0 Å². The van der Waals surface area contributed by atoms with Gasteiger partial charge in [-0.25, -0.2) is 0 Å². The van der Waals surface area contributed by atoms with E-state index in [4.69, 9.17) is 0 Å². The van der Waals surface area contributed by atoms with E-state index in [0.717, 1.165) is 29.2 Å². The summed E-state index contributed by atoms with van der Waals surface area (Å²) >= 11 is 0. The highest BCUT2D eigenvalue weighted by Gasteiger charge is 2.30. The summed E-state index contributed by atoms with van der Waals surface area (Å²) in [5.74, 6) is 0.224. The van der Waals surface area contributed by atoms with Gasteiger partial charge < -0.3 is 0 Å². The van der Waals surface area contributed by atoms with Crippen LogP contribution in [0.4, 0.5) is 4.39 Å². The molecule has 1 aliphatic carbocycles. The van der Waals surface area contributed by atoms with Crippen molar-refractivity contribution in [3.8, 4) is 0 Å². The van der Waals surface area contributed by atoms with Crippen LogP contribution in [-0.2, 0) is 9.59 Å². The summed E-state index contributed by atoms with van der Waals surface area (Å²) in [5, 5.41) is 0. The Labute approximate surface area is 138 Å². The van der Waals surface area contributed by atoms with Crippen molar-refractivity contribution in [2.24, 2.45) is 5.41 Å². The highest BCUT2D eigenvalue weighted by molar-refractivity contribution is 5.97. The zero-order valence-electron chi connectivity index (χ0n) is 14.6. The van der Waals surface area contributed by atoms with E-state index < -0.39 is 6.04 Å². The lowest BCUT2D eigenvalue weighted by Gasteiger charge is -2.32. The third kappa shape index (κ3) is 5.93. The number of carbonyl (C=O) groups excluding carboxylic acids is 2. The SMILES string of the molecule is CC1=C(/C=C/C(C)=C/C=C/C(C)=C/C(=O)F)C(C)(C)CCC1=O. The molecule has 3 heteroatoms. The molecule has 0 spiro atoms. The standard InChI is InChI=1S/C20H25FO2/c1-14(7-6-8-15(2)13-19(21)23)9-10-17-16(3)18(22)11-12-20(17,4)5/h6-10,13H,11-12H2,1-5H3/b8-6+,10-9+,14-7+,15-13+. The molecule has 0 aliphatic heterocycles. The van der Waals surface area contributed by atoms with Crippen LogP contribution in [0.25, 0.3) is 0 Å². The maximum atomic E-state index is 12.2. The first-order valence-corrected chi connectivity index (χ1v) is 7.79. The third-order valence-electron chi connectivity index (χ3n) is 4.10. The lowest BCUT2D eigenvalue weighted by Crippen LogP contribution is -2.24. The van der Waals surface area contributed by atoms with Gasteiger partial charge >= 0.3 is 6.04 Å². The van der Waals surface area contributed by atoms with E-state index in [0.29, 0.717) is 12.0 Å². The van der Waals surface area contributed by atoms with Gasteiger partial charge in [-0.3, -0.25) is 9.59 Å². The second-order valence-electron chi connectivity index (χ2n) is 6.64. The van der Waals surface area contributed by atoms with E-state index in [1.54, 1.807) is 19.1 Å². The molecule has 0 heterocycles. The summed E-state index contributed by atoms with van der Waals surface area (Å²) in [6.45, 7) is 9.82. The van der Waals surface area contributed by atoms with Gasteiger partial charge in [-0.1, -0.05) is 49.8 Å². The Hall–Kier alpha value is -2.03. The average Bonchev–Trinajstić information content (AvgIpc) is 2.42. The summed E-state index contributed by atoms with van der Waals surface area (Å²) in [7, 11) is 0. The van der Waals surface area contributed by atoms with Crippen LogP contribution in [0.5, 0.6) is 0 Å². The minimum Gasteiger partial charge on any atom is -0.295 e. The third-order valence-corrected chi connectivity index (χ3v) is 4.10. The summed E-state index contributed by atoms with van der Waals surface area (Å²) in [6, 6.07) is -1.45. The molecule has 1 aliphatic rings. The first-order chi connectivity index (χ1) is 10.6. The van der Waals surface area contributed by atoms with Crippen molar-refractivity contribution in [2.45, 2.75) is 47.5 Å². The maximum absolute atomic E-state index is 12.2. The Bertz CT molecular complexity index is 641. The minimum atomic E-state index is -1.45. The fourth-order valence-corrected chi connectivity index (χ4v) is 2.61. The van der Waals surface area contributed by atoms with Gasteiger partial charge in [0.15, 0.2) is 5.78 Å². The van der Waals surface area contributed by atoms with Gasteiger partial charge in [-0.2, -0.15) is 4.39 Å². The average molecular weight is 316 g/mol. The second-order valence-corrected chi connectivity index (χ2v) is 6.64. The Morgan fingerprint density at radius 1 is 1.17 bits per heavy atom. The Morgan fingerprint density at radius 2 is 1.83 bits per heavy atom. The molecular formula is C20H25FO2. The van der Waals surface area contributed by atoms with Crippen LogP contribution in [-0.4, -0.2) is 11.8 Å². The maximum Gasteiger partial charge on any atom is 0.325 e. The molecule has 0 N–H and O–H groups in total. The van der Waals surface area contributed by atoms with Crippen molar-refractivity contribution in [1.82, 2.24) is 0 Å². The first kappa shape index (κ1) is 19.0. The van der Waals surface area contributed by atoms with Gasteiger partial charge in [0, 0.05) is 12.5 Å². The fourth-order valence-electron chi connectivity index (χ4n) is 2.61. The van der Waals surface area contributed by atoms with Gasteiger partial charge in [0.05, 0.1) is 0 Å². The minimum absolute atomic E-state index is 0.00538. The topological polar surface area (TPSA) is 34.1 Å². The van der Waals surface area contributed by atoms with Crippen LogP contribution >= 0.6 is 0 Å². The summed E-state index contributed by atoms with van der Waals surface area (Å²) < 4.78 is 12.2.